The summed E-state index contributed by atoms with van der Waals surface area (Å²) in [5.41, 5.74) is 11.8. The number of hydrogen-bond donors (Lipinski definition) is 0. The Hall–Kier alpha value is -7.04. The normalized spacial score (nSPS) is 12.2. The average Bonchev–Trinajstić information content (AvgIpc) is 3.93. The first-order valence-corrected chi connectivity index (χ1v) is 17.5. The highest BCUT2D eigenvalue weighted by Crippen LogP contribution is 2.39. The maximum absolute atomic E-state index is 6.24. The SMILES string of the molecule is C=Cc1c(/C=C\n2c3ccccc3c3cc(-c4ccc5c(c4)c4ccccc4n5-c4ccc5oc6ccccc6c5c4)ccc32)oc2ccccc12. The number of nitrogens with zero attached hydrogens (tertiary/aromatic N) is 2. The molecule has 0 bridgehead atoms. The largest absolute Gasteiger partial charge is 0.456 e. The van der Waals surface area contributed by atoms with Crippen LogP contribution in [-0.4, -0.2) is 9.13 Å². The minimum atomic E-state index is 0.796. The van der Waals surface area contributed by atoms with Gasteiger partial charge in [-0.3, -0.25) is 0 Å². The van der Waals surface area contributed by atoms with Gasteiger partial charge in [-0.25, -0.2) is 0 Å². The van der Waals surface area contributed by atoms with E-state index in [1.54, 1.807) is 0 Å². The highest BCUT2D eigenvalue weighted by Gasteiger charge is 2.17. The van der Waals surface area contributed by atoms with E-state index in [4.69, 9.17) is 8.83 Å². The fourth-order valence-electron chi connectivity index (χ4n) is 8.19. The zero-order valence-corrected chi connectivity index (χ0v) is 28.1. The molecule has 0 fully saturated rings. The van der Waals surface area contributed by atoms with Crippen molar-refractivity contribution in [3.8, 4) is 16.8 Å². The number of furan rings is 2. The number of benzene rings is 7. The molecule has 11 aromatic rings. The van der Waals surface area contributed by atoms with Crippen molar-refractivity contribution in [2.24, 2.45) is 0 Å². The second kappa shape index (κ2) is 11.0. The van der Waals surface area contributed by atoms with Crippen molar-refractivity contribution < 1.29 is 8.83 Å². The lowest BCUT2D eigenvalue weighted by Crippen LogP contribution is -1.93. The van der Waals surface area contributed by atoms with Crippen molar-refractivity contribution in [2.75, 3.05) is 0 Å². The molecule has 0 N–H and O–H groups in total. The van der Waals surface area contributed by atoms with Gasteiger partial charge in [0.05, 0.1) is 22.1 Å². The molecule has 0 unspecified atom stereocenters. The van der Waals surface area contributed by atoms with E-state index >= 15 is 0 Å². The summed E-state index contributed by atoms with van der Waals surface area (Å²) in [4.78, 5) is 0. The molecule has 0 aliphatic carbocycles. The summed E-state index contributed by atoms with van der Waals surface area (Å²) in [6, 6.07) is 53.8. The van der Waals surface area contributed by atoms with Gasteiger partial charge >= 0.3 is 0 Å². The Morgan fingerprint density at radius 1 is 0.442 bits per heavy atom. The van der Waals surface area contributed by atoms with Crippen LogP contribution in [0.4, 0.5) is 0 Å². The van der Waals surface area contributed by atoms with Gasteiger partial charge in [-0.15, -0.1) is 0 Å². The molecule has 4 nitrogen and oxygen atoms in total. The van der Waals surface area contributed by atoms with Crippen LogP contribution in [0.5, 0.6) is 0 Å². The number of hydrogen-bond acceptors (Lipinski definition) is 2. The van der Waals surface area contributed by atoms with Crippen LogP contribution in [0.25, 0.3) is 112 Å². The molecule has 244 valence electrons. The number of para-hydroxylation sites is 4. The topological polar surface area (TPSA) is 36.1 Å². The highest BCUT2D eigenvalue weighted by atomic mass is 16.3. The first-order chi connectivity index (χ1) is 25.7. The molecule has 4 heterocycles. The van der Waals surface area contributed by atoms with E-state index in [0.29, 0.717) is 0 Å². The summed E-state index contributed by atoms with van der Waals surface area (Å²) < 4.78 is 17.0. The predicted molar refractivity (Wildman–Crippen MR) is 218 cm³/mol. The van der Waals surface area contributed by atoms with Crippen LogP contribution in [0.3, 0.4) is 0 Å². The molecule has 0 radical (unpaired) electrons. The molecule has 11 rings (SSSR count). The third-order valence-corrected chi connectivity index (χ3v) is 10.6. The first kappa shape index (κ1) is 28.8. The zero-order valence-electron chi connectivity index (χ0n) is 28.1. The van der Waals surface area contributed by atoms with Gasteiger partial charge in [0.2, 0.25) is 0 Å². The fraction of sp³-hybridized carbons (Fsp3) is 0. The van der Waals surface area contributed by atoms with Crippen LogP contribution in [-0.2, 0) is 0 Å². The second-order valence-corrected chi connectivity index (χ2v) is 13.4. The average molecular weight is 667 g/mol. The van der Waals surface area contributed by atoms with Gasteiger partial charge in [-0.1, -0.05) is 97.6 Å². The Morgan fingerprint density at radius 2 is 1.00 bits per heavy atom. The summed E-state index contributed by atoms with van der Waals surface area (Å²) in [5.74, 6) is 0.796. The van der Waals surface area contributed by atoms with Gasteiger partial charge in [-0.05, 0) is 83.9 Å². The van der Waals surface area contributed by atoms with Crippen molar-refractivity contribution in [3.63, 3.8) is 0 Å². The van der Waals surface area contributed by atoms with Crippen LogP contribution in [0.2, 0.25) is 0 Å². The van der Waals surface area contributed by atoms with Crippen LogP contribution >= 0.6 is 0 Å². The van der Waals surface area contributed by atoms with Crippen molar-refractivity contribution in [3.05, 3.63) is 170 Å². The van der Waals surface area contributed by atoms with E-state index in [2.05, 4.69) is 143 Å². The Bertz CT molecular complexity index is 3270. The molecule has 0 aliphatic rings. The van der Waals surface area contributed by atoms with Crippen molar-refractivity contribution in [1.82, 2.24) is 9.13 Å². The lowest BCUT2D eigenvalue weighted by atomic mass is 10.0. The summed E-state index contributed by atoms with van der Waals surface area (Å²) in [6.07, 6.45) is 6.03. The summed E-state index contributed by atoms with van der Waals surface area (Å²) in [7, 11) is 0. The quantitative estimate of drug-likeness (QED) is 0.183. The van der Waals surface area contributed by atoms with E-state index in [0.717, 1.165) is 61.0 Å². The molecular formula is C48H30N2O2. The third kappa shape index (κ3) is 4.15. The zero-order chi connectivity index (χ0) is 34.3. The van der Waals surface area contributed by atoms with Crippen LogP contribution in [0.1, 0.15) is 11.3 Å². The Morgan fingerprint density at radius 3 is 1.77 bits per heavy atom. The second-order valence-electron chi connectivity index (χ2n) is 13.4. The highest BCUT2D eigenvalue weighted by molar-refractivity contribution is 6.13. The van der Waals surface area contributed by atoms with E-state index < -0.39 is 0 Å². The van der Waals surface area contributed by atoms with E-state index in [1.807, 2.05) is 42.5 Å². The molecule has 0 atom stereocenters. The first-order valence-electron chi connectivity index (χ1n) is 17.5. The van der Waals surface area contributed by atoms with Crippen LogP contribution < -0.4 is 0 Å². The predicted octanol–water partition coefficient (Wildman–Crippen LogP) is 13.5. The van der Waals surface area contributed by atoms with Crippen molar-refractivity contribution >= 4 is 94.9 Å². The summed E-state index contributed by atoms with van der Waals surface area (Å²) in [6.45, 7) is 4.06. The van der Waals surface area contributed by atoms with E-state index in [-0.39, 0.29) is 0 Å². The van der Waals surface area contributed by atoms with Gasteiger partial charge in [-0.2, -0.15) is 0 Å². The van der Waals surface area contributed by atoms with E-state index in [1.165, 1.54) is 43.7 Å². The molecule has 7 aromatic carbocycles. The van der Waals surface area contributed by atoms with Crippen molar-refractivity contribution in [1.29, 1.82) is 0 Å². The van der Waals surface area contributed by atoms with Gasteiger partial charge in [0.25, 0.3) is 0 Å². The number of aromatic nitrogens is 2. The maximum Gasteiger partial charge on any atom is 0.136 e. The number of fused-ring (bicyclic) bond motifs is 10. The smallest absolute Gasteiger partial charge is 0.136 e. The minimum Gasteiger partial charge on any atom is -0.456 e. The minimum absolute atomic E-state index is 0.796. The van der Waals surface area contributed by atoms with Crippen LogP contribution in [0, 0.1) is 0 Å². The van der Waals surface area contributed by atoms with Gasteiger partial charge in [0.15, 0.2) is 0 Å². The fourth-order valence-corrected chi connectivity index (χ4v) is 8.19. The maximum atomic E-state index is 6.24. The number of rotatable bonds is 5. The lowest BCUT2D eigenvalue weighted by molar-refractivity contribution is 0.603. The molecule has 0 spiro atoms. The van der Waals surface area contributed by atoms with Gasteiger partial charge < -0.3 is 18.0 Å². The van der Waals surface area contributed by atoms with Crippen LogP contribution in [0.15, 0.2) is 167 Å². The molecule has 4 heteroatoms. The standard InChI is InChI=1S/C48H30N2O2/c1-2-33-36-13-5-9-17-45(36)52-48(33)25-26-49-41-15-7-3-11-34(41)38-27-30(19-22-42(38)49)31-20-23-44-39(28-31)35-12-4-8-16-43(35)50(44)32-21-24-47-40(29-32)37-14-6-10-18-46(37)51-47/h2-29H,1H2/b26-25-. The molecule has 0 saturated heterocycles. The lowest BCUT2D eigenvalue weighted by Gasteiger charge is -2.09. The molecule has 0 amide bonds. The molecule has 0 aliphatic heterocycles. The van der Waals surface area contributed by atoms with E-state index in [9.17, 15) is 0 Å². The molecular weight excluding hydrogens is 637 g/mol. The monoisotopic (exact) mass is 666 g/mol. The molecule has 0 saturated carbocycles. The molecule has 4 aromatic heterocycles. The summed E-state index contributed by atoms with van der Waals surface area (Å²) >= 11 is 0. The van der Waals surface area contributed by atoms with Gasteiger partial charge in [0.1, 0.15) is 22.5 Å². The molecule has 52 heavy (non-hydrogen) atoms. The Labute approximate surface area is 298 Å². The van der Waals surface area contributed by atoms with Crippen molar-refractivity contribution in [2.45, 2.75) is 0 Å². The van der Waals surface area contributed by atoms with Gasteiger partial charge in [0, 0.05) is 55.2 Å². The summed E-state index contributed by atoms with van der Waals surface area (Å²) in [5, 5.41) is 8.18. The Kier molecular flexibility index (Phi) is 6.07. The third-order valence-electron chi connectivity index (χ3n) is 10.6. The Balaban J connectivity index is 1.05.